The SMILES string of the molecule is CCNc1nc(C(=O)N2CCC(C(O)C(F)(F)F)CC2)cs1. The molecule has 1 saturated heterocycles. The van der Waals surface area contributed by atoms with Crippen molar-refractivity contribution in [3.8, 4) is 0 Å². The summed E-state index contributed by atoms with van der Waals surface area (Å²) in [6.07, 6.45) is -6.65. The molecule has 2 heterocycles. The molecule has 9 heteroatoms. The van der Waals surface area contributed by atoms with Gasteiger partial charge in [-0.1, -0.05) is 0 Å². The second kappa shape index (κ2) is 6.82. The zero-order valence-corrected chi connectivity index (χ0v) is 12.9. The number of aliphatic hydroxyl groups is 1. The summed E-state index contributed by atoms with van der Waals surface area (Å²) in [5.74, 6) is -1.13. The molecule has 0 saturated carbocycles. The predicted molar refractivity (Wildman–Crippen MR) is 77.0 cm³/mol. The molecular formula is C13H18F3N3O2S. The molecule has 0 aliphatic carbocycles. The smallest absolute Gasteiger partial charge is 0.383 e. The van der Waals surface area contributed by atoms with E-state index in [1.807, 2.05) is 6.92 Å². The average molecular weight is 337 g/mol. The number of halogens is 3. The summed E-state index contributed by atoms with van der Waals surface area (Å²) in [5.41, 5.74) is 0.302. The van der Waals surface area contributed by atoms with Crippen molar-refractivity contribution < 1.29 is 23.1 Å². The van der Waals surface area contributed by atoms with E-state index >= 15 is 0 Å². The monoisotopic (exact) mass is 337 g/mol. The Morgan fingerprint density at radius 3 is 2.73 bits per heavy atom. The topological polar surface area (TPSA) is 65.5 Å². The van der Waals surface area contributed by atoms with E-state index in [-0.39, 0.29) is 31.8 Å². The fourth-order valence-electron chi connectivity index (χ4n) is 2.45. The van der Waals surface area contributed by atoms with Crippen molar-refractivity contribution in [3.63, 3.8) is 0 Å². The Morgan fingerprint density at radius 2 is 2.18 bits per heavy atom. The molecule has 1 fully saturated rings. The highest BCUT2D eigenvalue weighted by atomic mass is 32.1. The van der Waals surface area contributed by atoms with Gasteiger partial charge in [-0.2, -0.15) is 13.2 Å². The number of piperidine rings is 1. The van der Waals surface area contributed by atoms with E-state index in [1.54, 1.807) is 5.38 Å². The molecule has 1 aromatic heterocycles. The second-order valence-electron chi connectivity index (χ2n) is 5.18. The van der Waals surface area contributed by atoms with Crippen LogP contribution in [0.3, 0.4) is 0 Å². The van der Waals surface area contributed by atoms with Gasteiger partial charge in [-0.05, 0) is 25.7 Å². The molecule has 1 aliphatic rings. The number of rotatable bonds is 4. The van der Waals surface area contributed by atoms with Gasteiger partial charge in [0.2, 0.25) is 0 Å². The van der Waals surface area contributed by atoms with Crippen molar-refractivity contribution >= 4 is 22.4 Å². The van der Waals surface area contributed by atoms with E-state index in [4.69, 9.17) is 0 Å². The van der Waals surface area contributed by atoms with Crippen LogP contribution in [0.5, 0.6) is 0 Å². The maximum absolute atomic E-state index is 12.5. The molecule has 0 bridgehead atoms. The molecule has 22 heavy (non-hydrogen) atoms. The first-order chi connectivity index (χ1) is 10.3. The van der Waals surface area contributed by atoms with Crippen molar-refractivity contribution in [1.82, 2.24) is 9.88 Å². The Bertz CT molecular complexity index is 513. The van der Waals surface area contributed by atoms with Crippen molar-refractivity contribution in [2.24, 2.45) is 5.92 Å². The molecule has 5 nitrogen and oxygen atoms in total. The van der Waals surface area contributed by atoms with Crippen molar-refractivity contribution in [2.45, 2.75) is 32.0 Å². The quantitative estimate of drug-likeness (QED) is 0.885. The first-order valence-electron chi connectivity index (χ1n) is 7.06. The summed E-state index contributed by atoms with van der Waals surface area (Å²) in [6.45, 7) is 3.01. The number of amides is 1. The minimum atomic E-state index is -4.60. The lowest BCUT2D eigenvalue weighted by Gasteiger charge is -2.34. The number of anilines is 1. The van der Waals surface area contributed by atoms with E-state index in [9.17, 15) is 23.1 Å². The highest BCUT2D eigenvalue weighted by Gasteiger charge is 2.44. The van der Waals surface area contributed by atoms with Gasteiger partial charge in [-0.15, -0.1) is 11.3 Å². The summed E-state index contributed by atoms with van der Waals surface area (Å²) < 4.78 is 37.5. The van der Waals surface area contributed by atoms with Gasteiger partial charge in [0, 0.05) is 25.0 Å². The summed E-state index contributed by atoms with van der Waals surface area (Å²) in [4.78, 5) is 17.9. The van der Waals surface area contributed by atoms with Crippen LogP contribution in [0.25, 0.3) is 0 Å². The normalized spacial score (nSPS) is 18.3. The molecule has 1 unspecified atom stereocenters. The fourth-order valence-corrected chi connectivity index (χ4v) is 3.21. The molecule has 0 aromatic carbocycles. The molecule has 1 aliphatic heterocycles. The largest absolute Gasteiger partial charge is 0.414 e. The van der Waals surface area contributed by atoms with Gasteiger partial charge in [-0.3, -0.25) is 4.79 Å². The van der Waals surface area contributed by atoms with Gasteiger partial charge in [0.1, 0.15) is 5.69 Å². The van der Waals surface area contributed by atoms with Gasteiger partial charge in [0.15, 0.2) is 11.2 Å². The molecule has 2 N–H and O–H groups in total. The van der Waals surface area contributed by atoms with Crippen LogP contribution in [0.1, 0.15) is 30.3 Å². The van der Waals surface area contributed by atoms with Crippen molar-refractivity contribution in [2.75, 3.05) is 25.0 Å². The maximum Gasteiger partial charge on any atom is 0.414 e. The molecular weight excluding hydrogens is 319 g/mol. The summed E-state index contributed by atoms with van der Waals surface area (Å²) in [6, 6.07) is 0. The third-order valence-corrected chi connectivity index (χ3v) is 4.46. The van der Waals surface area contributed by atoms with Crippen LogP contribution in [0.2, 0.25) is 0 Å². The minimum absolute atomic E-state index is 0.136. The zero-order valence-electron chi connectivity index (χ0n) is 12.1. The first kappa shape index (κ1) is 17.0. The number of nitrogens with zero attached hydrogens (tertiary/aromatic N) is 2. The van der Waals surface area contributed by atoms with Crippen LogP contribution < -0.4 is 5.32 Å². The number of likely N-dealkylation sites (tertiary alicyclic amines) is 1. The third-order valence-electron chi connectivity index (χ3n) is 3.66. The summed E-state index contributed by atoms with van der Waals surface area (Å²) >= 11 is 1.32. The molecule has 0 spiro atoms. The Labute approximate surface area is 130 Å². The third kappa shape index (κ3) is 3.89. The zero-order chi connectivity index (χ0) is 16.3. The van der Waals surface area contributed by atoms with Gasteiger partial charge < -0.3 is 15.3 Å². The van der Waals surface area contributed by atoms with E-state index < -0.39 is 18.2 Å². The lowest BCUT2D eigenvalue weighted by Crippen LogP contribution is -2.45. The van der Waals surface area contributed by atoms with Crippen molar-refractivity contribution in [1.29, 1.82) is 0 Å². The van der Waals surface area contributed by atoms with Crippen LogP contribution in [0.4, 0.5) is 18.3 Å². The number of alkyl halides is 3. The number of hydrogen-bond acceptors (Lipinski definition) is 5. The van der Waals surface area contributed by atoms with Gasteiger partial charge in [-0.25, -0.2) is 4.98 Å². The number of aromatic nitrogens is 1. The molecule has 2 rings (SSSR count). The highest BCUT2D eigenvalue weighted by Crippen LogP contribution is 2.32. The molecule has 0 radical (unpaired) electrons. The van der Waals surface area contributed by atoms with Crippen LogP contribution in [-0.2, 0) is 0 Å². The Morgan fingerprint density at radius 1 is 1.55 bits per heavy atom. The minimum Gasteiger partial charge on any atom is -0.383 e. The number of nitrogens with one attached hydrogen (secondary N) is 1. The molecule has 1 aromatic rings. The lowest BCUT2D eigenvalue weighted by atomic mass is 9.91. The molecule has 1 amide bonds. The number of hydrogen-bond donors (Lipinski definition) is 2. The fraction of sp³-hybridized carbons (Fsp3) is 0.692. The van der Waals surface area contributed by atoms with Crippen LogP contribution in [0, 0.1) is 5.92 Å². The van der Waals surface area contributed by atoms with Crippen LogP contribution >= 0.6 is 11.3 Å². The standard InChI is InChI=1S/C13H18F3N3O2S/c1-2-17-12-18-9(7-22-12)11(21)19-5-3-8(4-6-19)10(20)13(14,15)16/h7-8,10,20H,2-6H2,1H3,(H,17,18). The average Bonchev–Trinajstić information content (AvgIpc) is 2.94. The van der Waals surface area contributed by atoms with E-state index in [0.717, 1.165) is 0 Å². The van der Waals surface area contributed by atoms with Gasteiger partial charge in [0.05, 0.1) is 0 Å². The maximum atomic E-state index is 12.5. The molecule has 124 valence electrons. The van der Waals surface area contributed by atoms with Gasteiger partial charge >= 0.3 is 6.18 Å². The summed E-state index contributed by atoms with van der Waals surface area (Å²) in [5, 5.41) is 14.6. The predicted octanol–water partition coefficient (Wildman–Crippen LogP) is 2.35. The van der Waals surface area contributed by atoms with Crippen LogP contribution in [-0.4, -0.2) is 52.8 Å². The number of thiazole rings is 1. The number of carbonyl (C=O) groups excluding carboxylic acids is 1. The van der Waals surface area contributed by atoms with Crippen molar-refractivity contribution in [3.05, 3.63) is 11.1 Å². The second-order valence-corrected chi connectivity index (χ2v) is 6.04. The van der Waals surface area contributed by atoms with E-state index in [1.165, 1.54) is 16.2 Å². The first-order valence-corrected chi connectivity index (χ1v) is 7.94. The van der Waals surface area contributed by atoms with Crippen LogP contribution in [0.15, 0.2) is 5.38 Å². The Balaban J connectivity index is 1.92. The number of carbonyl (C=O) groups is 1. The summed E-state index contributed by atoms with van der Waals surface area (Å²) in [7, 11) is 0. The highest BCUT2D eigenvalue weighted by molar-refractivity contribution is 7.13. The van der Waals surface area contributed by atoms with E-state index in [0.29, 0.717) is 17.4 Å². The Hall–Kier alpha value is -1.35. The van der Waals surface area contributed by atoms with Gasteiger partial charge in [0.25, 0.3) is 5.91 Å². The molecule has 1 atom stereocenters. The lowest BCUT2D eigenvalue weighted by molar-refractivity contribution is -0.222. The van der Waals surface area contributed by atoms with E-state index in [2.05, 4.69) is 10.3 Å². The Kier molecular flexibility index (Phi) is 5.28. The number of aliphatic hydroxyl groups excluding tert-OH is 1.